The fourth-order valence-corrected chi connectivity index (χ4v) is 3.79. The fourth-order valence-electron chi connectivity index (χ4n) is 2.72. The summed E-state index contributed by atoms with van der Waals surface area (Å²) in [5.74, 6) is 0.693. The number of aromatic nitrogens is 2. The molecule has 0 bridgehead atoms. The molecule has 1 aliphatic heterocycles. The van der Waals surface area contributed by atoms with Gasteiger partial charge in [-0.2, -0.15) is 0 Å². The van der Waals surface area contributed by atoms with Crippen molar-refractivity contribution < 1.29 is 0 Å². The zero-order chi connectivity index (χ0) is 11.5. The Morgan fingerprint density at radius 3 is 2.37 bits per heavy atom. The first-order valence-corrected chi connectivity index (χ1v) is 7.54. The lowest BCUT2D eigenvalue weighted by atomic mass is 9.90. The zero-order valence-corrected chi connectivity index (χ0v) is 13.5. The van der Waals surface area contributed by atoms with E-state index in [-0.39, 0.29) is 24.8 Å². The highest BCUT2D eigenvalue weighted by atomic mass is 35.5. The van der Waals surface area contributed by atoms with Crippen LogP contribution < -0.4 is 10.2 Å². The van der Waals surface area contributed by atoms with Crippen LogP contribution in [-0.4, -0.2) is 36.4 Å². The summed E-state index contributed by atoms with van der Waals surface area (Å²) in [6.45, 7) is 4.27. The summed E-state index contributed by atoms with van der Waals surface area (Å²) in [4.78, 5) is 2.36. The maximum atomic E-state index is 4.42. The summed E-state index contributed by atoms with van der Waals surface area (Å²) in [6.07, 6.45) is 6.77. The highest BCUT2D eigenvalue weighted by Gasteiger charge is 2.21. The molecule has 1 aliphatic carbocycles. The number of hydrogen-bond acceptors (Lipinski definition) is 5. The van der Waals surface area contributed by atoms with Crippen LogP contribution >= 0.6 is 36.2 Å². The molecule has 2 fully saturated rings. The fraction of sp³-hybridized carbons (Fsp3) is 0.833. The molecule has 7 heteroatoms. The van der Waals surface area contributed by atoms with E-state index in [2.05, 4.69) is 20.4 Å². The molecule has 1 saturated heterocycles. The lowest BCUT2D eigenvalue weighted by Crippen LogP contribution is -2.43. The van der Waals surface area contributed by atoms with Crippen LogP contribution in [0.2, 0.25) is 0 Å². The van der Waals surface area contributed by atoms with E-state index in [1.165, 1.54) is 37.1 Å². The van der Waals surface area contributed by atoms with Crippen molar-refractivity contribution in [1.82, 2.24) is 15.5 Å². The summed E-state index contributed by atoms with van der Waals surface area (Å²) in [5, 5.41) is 14.6. The van der Waals surface area contributed by atoms with Crippen molar-refractivity contribution in [2.24, 2.45) is 0 Å². The molecular weight excluding hydrogens is 303 g/mol. The van der Waals surface area contributed by atoms with Crippen LogP contribution in [0.5, 0.6) is 0 Å². The van der Waals surface area contributed by atoms with Crippen molar-refractivity contribution >= 4 is 41.3 Å². The molecule has 110 valence electrons. The maximum Gasteiger partial charge on any atom is 0.208 e. The highest BCUT2D eigenvalue weighted by Crippen LogP contribution is 2.35. The summed E-state index contributed by atoms with van der Waals surface area (Å²) < 4.78 is 0. The van der Waals surface area contributed by atoms with Gasteiger partial charge >= 0.3 is 0 Å². The largest absolute Gasteiger partial charge is 0.344 e. The molecule has 3 rings (SSSR count). The molecule has 0 atom stereocenters. The topological polar surface area (TPSA) is 41.1 Å². The number of nitrogens with one attached hydrogen (secondary N) is 1. The summed E-state index contributed by atoms with van der Waals surface area (Å²) in [7, 11) is 0. The van der Waals surface area contributed by atoms with Crippen LogP contribution in [0.4, 0.5) is 5.13 Å². The Hall–Kier alpha value is -0.100. The van der Waals surface area contributed by atoms with Crippen LogP contribution in [0.15, 0.2) is 0 Å². The van der Waals surface area contributed by atoms with Crippen molar-refractivity contribution in [3.63, 3.8) is 0 Å². The molecule has 0 amide bonds. The van der Waals surface area contributed by atoms with Crippen LogP contribution in [-0.2, 0) is 0 Å². The first-order valence-electron chi connectivity index (χ1n) is 6.72. The molecule has 1 N–H and O–H groups in total. The lowest BCUT2D eigenvalue weighted by molar-refractivity contribution is 0.440. The van der Waals surface area contributed by atoms with E-state index in [9.17, 15) is 0 Å². The van der Waals surface area contributed by atoms with E-state index in [0.717, 1.165) is 31.3 Å². The molecule has 2 heterocycles. The Bertz CT molecular complexity index is 330. The van der Waals surface area contributed by atoms with Gasteiger partial charge in [-0.1, -0.05) is 30.6 Å². The molecule has 1 saturated carbocycles. The number of halogens is 2. The van der Waals surface area contributed by atoms with E-state index in [4.69, 9.17) is 0 Å². The SMILES string of the molecule is C1CCC(c2nnc(N3CCNCC3)s2)CC1.Cl.Cl. The van der Waals surface area contributed by atoms with Crippen molar-refractivity contribution in [2.75, 3.05) is 31.1 Å². The first kappa shape index (κ1) is 17.0. The number of hydrogen-bond donors (Lipinski definition) is 1. The van der Waals surface area contributed by atoms with E-state index < -0.39 is 0 Å². The molecule has 0 radical (unpaired) electrons. The Balaban J connectivity index is 0.000000902. The van der Waals surface area contributed by atoms with Gasteiger partial charge in [-0.3, -0.25) is 0 Å². The molecule has 1 aromatic rings. The third kappa shape index (κ3) is 4.18. The zero-order valence-electron chi connectivity index (χ0n) is 11.0. The van der Waals surface area contributed by atoms with Gasteiger partial charge < -0.3 is 10.2 Å². The van der Waals surface area contributed by atoms with Gasteiger partial charge in [0.05, 0.1) is 0 Å². The van der Waals surface area contributed by atoms with Crippen LogP contribution in [0.1, 0.15) is 43.0 Å². The number of rotatable bonds is 2. The molecule has 2 aliphatic rings. The smallest absolute Gasteiger partial charge is 0.208 e. The van der Waals surface area contributed by atoms with Crippen LogP contribution in [0.3, 0.4) is 0 Å². The number of anilines is 1. The van der Waals surface area contributed by atoms with Gasteiger partial charge in [0.2, 0.25) is 5.13 Å². The summed E-state index contributed by atoms with van der Waals surface area (Å²) in [6, 6.07) is 0. The van der Waals surface area contributed by atoms with Crippen molar-refractivity contribution in [2.45, 2.75) is 38.0 Å². The number of nitrogens with zero attached hydrogens (tertiary/aromatic N) is 3. The summed E-state index contributed by atoms with van der Waals surface area (Å²) >= 11 is 1.82. The van der Waals surface area contributed by atoms with E-state index in [1.807, 2.05) is 11.3 Å². The Labute approximate surface area is 131 Å². The van der Waals surface area contributed by atoms with Gasteiger partial charge in [-0.25, -0.2) is 0 Å². The van der Waals surface area contributed by atoms with Gasteiger partial charge in [-0.15, -0.1) is 35.0 Å². The molecular formula is C12H22Cl2N4S. The molecule has 1 aromatic heterocycles. The minimum absolute atomic E-state index is 0. The predicted molar refractivity (Wildman–Crippen MR) is 85.3 cm³/mol. The highest BCUT2D eigenvalue weighted by molar-refractivity contribution is 7.15. The minimum Gasteiger partial charge on any atom is -0.344 e. The molecule has 4 nitrogen and oxygen atoms in total. The Kier molecular flexibility index (Phi) is 7.36. The van der Waals surface area contributed by atoms with Gasteiger partial charge in [0.25, 0.3) is 0 Å². The lowest BCUT2D eigenvalue weighted by Gasteiger charge is -2.26. The first-order chi connectivity index (χ1) is 8.43. The average Bonchev–Trinajstić information content (AvgIpc) is 2.90. The second-order valence-corrected chi connectivity index (χ2v) is 5.98. The van der Waals surface area contributed by atoms with Crippen molar-refractivity contribution in [3.8, 4) is 0 Å². The predicted octanol–water partition coefficient (Wildman–Crippen LogP) is 2.84. The standard InChI is InChI=1S/C12H20N4S.2ClH/c1-2-4-10(5-3-1)11-14-15-12(17-11)16-8-6-13-7-9-16;;/h10,13H,1-9H2;2*1H. The van der Waals surface area contributed by atoms with Crippen LogP contribution in [0.25, 0.3) is 0 Å². The van der Waals surface area contributed by atoms with Crippen molar-refractivity contribution in [3.05, 3.63) is 5.01 Å². The maximum absolute atomic E-state index is 4.42. The summed E-state index contributed by atoms with van der Waals surface area (Å²) in [5.41, 5.74) is 0. The molecule has 19 heavy (non-hydrogen) atoms. The second-order valence-electron chi connectivity index (χ2n) is 4.99. The molecule has 0 aromatic carbocycles. The van der Waals surface area contributed by atoms with E-state index in [0.29, 0.717) is 5.92 Å². The Morgan fingerprint density at radius 2 is 1.68 bits per heavy atom. The third-order valence-corrected chi connectivity index (χ3v) is 4.92. The third-order valence-electron chi connectivity index (χ3n) is 3.77. The van der Waals surface area contributed by atoms with Gasteiger partial charge in [0.1, 0.15) is 5.01 Å². The van der Waals surface area contributed by atoms with Crippen molar-refractivity contribution in [1.29, 1.82) is 0 Å². The Morgan fingerprint density at radius 1 is 1.00 bits per heavy atom. The van der Waals surface area contributed by atoms with Crippen LogP contribution in [0, 0.1) is 0 Å². The monoisotopic (exact) mass is 324 g/mol. The normalized spacial score (nSPS) is 20.5. The average molecular weight is 325 g/mol. The van der Waals surface area contributed by atoms with Gasteiger partial charge in [0.15, 0.2) is 0 Å². The minimum atomic E-state index is 0. The van der Waals surface area contributed by atoms with E-state index in [1.54, 1.807) is 0 Å². The molecule has 0 unspecified atom stereocenters. The van der Waals surface area contributed by atoms with Gasteiger partial charge in [-0.05, 0) is 12.8 Å². The quantitative estimate of drug-likeness (QED) is 0.908. The molecule has 0 spiro atoms. The number of piperazine rings is 1. The van der Waals surface area contributed by atoms with E-state index >= 15 is 0 Å². The van der Waals surface area contributed by atoms with Gasteiger partial charge in [0, 0.05) is 32.1 Å². The second kappa shape index (κ2) is 8.25.